The molecule has 5 nitrogen and oxygen atoms in total. The number of rotatable bonds is 6. The van der Waals surface area contributed by atoms with Crippen molar-refractivity contribution in [2.24, 2.45) is 0 Å². The number of Topliss-reactive ketones (excluding diaryl/α,β-unsaturated/α-hetero) is 1. The van der Waals surface area contributed by atoms with Crippen molar-refractivity contribution in [3.8, 4) is 0 Å². The largest absolute Gasteiger partial charge is 0.456 e. The number of carbonyl (C=O) groups is 3. The van der Waals surface area contributed by atoms with Gasteiger partial charge in [-0.3, -0.25) is 14.4 Å². The lowest BCUT2D eigenvalue weighted by molar-refractivity contribution is -0.141. The number of amides is 1. The van der Waals surface area contributed by atoms with Gasteiger partial charge in [0.05, 0.1) is 0 Å². The van der Waals surface area contributed by atoms with Gasteiger partial charge in [0.25, 0.3) is 5.91 Å². The van der Waals surface area contributed by atoms with Crippen LogP contribution in [0.25, 0.3) is 0 Å². The van der Waals surface area contributed by atoms with Crippen molar-refractivity contribution in [2.45, 2.75) is 27.7 Å². The minimum Gasteiger partial charge on any atom is -0.456 e. The molecule has 0 saturated heterocycles. The second-order valence-electron chi connectivity index (χ2n) is 6.36. The molecule has 0 bridgehead atoms. The Kier molecular flexibility index (Phi) is 6.28. The van der Waals surface area contributed by atoms with Crippen molar-refractivity contribution in [3.05, 3.63) is 69.8 Å². The predicted octanol–water partition coefficient (Wildman–Crippen LogP) is 3.08. The summed E-state index contributed by atoms with van der Waals surface area (Å²) in [5.74, 6) is -1.25. The molecule has 0 spiro atoms. The number of esters is 1. The highest BCUT2D eigenvalue weighted by atomic mass is 16.5. The molecular weight excluding hydrogens is 330 g/mol. The molecule has 0 aromatic heterocycles. The van der Waals surface area contributed by atoms with Gasteiger partial charge >= 0.3 is 5.97 Å². The standard InChI is InChI=1S/C21H23NO4/c1-13-9-15(3)20(16(4)10-13)18(23)12-26-19(24)11-22-21(25)17-8-6-5-7-14(17)2/h5-10H,11-12H2,1-4H3,(H,22,25). The topological polar surface area (TPSA) is 72.5 Å². The molecule has 136 valence electrons. The first-order valence-electron chi connectivity index (χ1n) is 8.40. The van der Waals surface area contributed by atoms with E-state index in [1.807, 2.05) is 52.0 Å². The molecule has 1 N–H and O–H groups in total. The van der Waals surface area contributed by atoms with E-state index in [0.29, 0.717) is 11.1 Å². The van der Waals surface area contributed by atoms with Crippen LogP contribution in [0, 0.1) is 27.7 Å². The molecule has 0 fully saturated rings. The molecule has 0 aliphatic rings. The Bertz CT molecular complexity index is 832. The van der Waals surface area contributed by atoms with Crippen molar-refractivity contribution in [1.29, 1.82) is 0 Å². The van der Waals surface area contributed by atoms with Gasteiger partial charge in [0.2, 0.25) is 5.78 Å². The van der Waals surface area contributed by atoms with Crippen LogP contribution < -0.4 is 5.32 Å². The number of ether oxygens (including phenoxy) is 1. The van der Waals surface area contributed by atoms with E-state index < -0.39 is 5.97 Å². The molecule has 0 radical (unpaired) electrons. The zero-order valence-electron chi connectivity index (χ0n) is 15.5. The Hall–Kier alpha value is -2.95. The highest BCUT2D eigenvalue weighted by Crippen LogP contribution is 2.17. The monoisotopic (exact) mass is 353 g/mol. The normalized spacial score (nSPS) is 10.3. The smallest absolute Gasteiger partial charge is 0.325 e. The fourth-order valence-corrected chi connectivity index (χ4v) is 2.96. The van der Waals surface area contributed by atoms with Crippen LogP contribution in [0.2, 0.25) is 0 Å². The van der Waals surface area contributed by atoms with Crippen LogP contribution >= 0.6 is 0 Å². The van der Waals surface area contributed by atoms with Crippen LogP contribution in [0.5, 0.6) is 0 Å². The molecule has 2 rings (SSSR count). The molecule has 0 saturated carbocycles. The average Bonchev–Trinajstić information content (AvgIpc) is 2.57. The number of benzene rings is 2. The first kappa shape index (κ1) is 19.4. The minimum absolute atomic E-state index is 0.251. The zero-order valence-corrected chi connectivity index (χ0v) is 15.5. The first-order chi connectivity index (χ1) is 12.3. The number of hydrogen-bond acceptors (Lipinski definition) is 4. The zero-order chi connectivity index (χ0) is 19.3. The van der Waals surface area contributed by atoms with E-state index in [0.717, 1.165) is 22.3 Å². The Morgan fingerprint density at radius 3 is 2.15 bits per heavy atom. The summed E-state index contributed by atoms with van der Waals surface area (Å²) >= 11 is 0. The molecule has 2 aromatic rings. The molecule has 0 unspecified atom stereocenters. The molecule has 0 aliphatic heterocycles. The molecular formula is C21H23NO4. The van der Waals surface area contributed by atoms with E-state index in [9.17, 15) is 14.4 Å². The van der Waals surface area contributed by atoms with E-state index in [1.54, 1.807) is 12.1 Å². The first-order valence-corrected chi connectivity index (χ1v) is 8.40. The summed E-state index contributed by atoms with van der Waals surface area (Å²) in [7, 11) is 0. The average molecular weight is 353 g/mol. The number of nitrogens with one attached hydrogen (secondary N) is 1. The predicted molar refractivity (Wildman–Crippen MR) is 99.5 cm³/mol. The van der Waals surface area contributed by atoms with E-state index in [2.05, 4.69) is 5.32 Å². The van der Waals surface area contributed by atoms with Crippen LogP contribution in [0.4, 0.5) is 0 Å². The lowest BCUT2D eigenvalue weighted by Gasteiger charge is -2.11. The van der Waals surface area contributed by atoms with E-state index in [1.165, 1.54) is 0 Å². The molecule has 0 heterocycles. The minimum atomic E-state index is -0.650. The van der Waals surface area contributed by atoms with Gasteiger partial charge in [0, 0.05) is 11.1 Å². The van der Waals surface area contributed by atoms with Gasteiger partial charge in [-0.25, -0.2) is 0 Å². The fraction of sp³-hybridized carbons (Fsp3) is 0.286. The van der Waals surface area contributed by atoms with Crippen molar-refractivity contribution < 1.29 is 19.1 Å². The summed E-state index contributed by atoms with van der Waals surface area (Å²) < 4.78 is 5.01. The van der Waals surface area contributed by atoms with Crippen LogP contribution in [0.3, 0.4) is 0 Å². The van der Waals surface area contributed by atoms with Gasteiger partial charge < -0.3 is 10.1 Å². The van der Waals surface area contributed by atoms with Crippen molar-refractivity contribution >= 4 is 17.7 Å². The molecule has 2 aromatic carbocycles. The van der Waals surface area contributed by atoms with Gasteiger partial charge in [-0.05, 0) is 50.5 Å². The van der Waals surface area contributed by atoms with Crippen LogP contribution in [-0.4, -0.2) is 30.8 Å². The summed E-state index contributed by atoms with van der Waals surface area (Å²) in [5, 5.41) is 2.51. The van der Waals surface area contributed by atoms with E-state index >= 15 is 0 Å². The molecule has 0 aliphatic carbocycles. The Morgan fingerprint density at radius 2 is 1.54 bits per heavy atom. The highest BCUT2D eigenvalue weighted by Gasteiger charge is 2.16. The number of hydrogen-bond donors (Lipinski definition) is 1. The third kappa shape index (κ3) is 4.79. The van der Waals surface area contributed by atoms with E-state index in [-0.39, 0.29) is 24.8 Å². The van der Waals surface area contributed by atoms with Gasteiger partial charge in [-0.2, -0.15) is 0 Å². The lowest BCUT2D eigenvalue weighted by Crippen LogP contribution is -2.32. The number of aryl methyl sites for hydroxylation is 4. The van der Waals surface area contributed by atoms with E-state index in [4.69, 9.17) is 4.74 Å². The summed E-state index contributed by atoms with van der Waals surface area (Å²) in [5.41, 5.74) is 4.69. The van der Waals surface area contributed by atoms with Gasteiger partial charge in [-0.1, -0.05) is 35.9 Å². The maximum absolute atomic E-state index is 12.3. The van der Waals surface area contributed by atoms with Crippen LogP contribution in [-0.2, 0) is 9.53 Å². The molecule has 0 atom stereocenters. The van der Waals surface area contributed by atoms with Gasteiger partial charge in [0.15, 0.2) is 6.61 Å². The van der Waals surface area contributed by atoms with Crippen LogP contribution in [0.1, 0.15) is 43.0 Å². The fourth-order valence-electron chi connectivity index (χ4n) is 2.96. The summed E-state index contributed by atoms with van der Waals surface area (Å²) in [6, 6.07) is 10.9. The number of ketones is 1. The third-order valence-corrected chi connectivity index (χ3v) is 4.10. The molecule has 5 heteroatoms. The molecule has 1 amide bonds. The Labute approximate surface area is 153 Å². The summed E-state index contributed by atoms with van der Waals surface area (Å²) in [4.78, 5) is 36.2. The lowest BCUT2D eigenvalue weighted by atomic mass is 9.97. The Morgan fingerprint density at radius 1 is 0.923 bits per heavy atom. The van der Waals surface area contributed by atoms with Crippen LogP contribution in [0.15, 0.2) is 36.4 Å². The molecule has 26 heavy (non-hydrogen) atoms. The summed E-state index contributed by atoms with van der Waals surface area (Å²) in [6.07, 6.45) is 0. The van der Waals surface area contributed by atoms with Gasteiger partial charge in [-0.15, -0.1) is 0 Å². The summed E-state index contributed by atoms with van der Waals surface area (Å²) in [6.45, 7) is 6.87. The van der Waals surface area contributed by atoms with Crippen molar-refractivity contribution in [1.82, 2.24) is 5.32 Å². The second-order valence-corrected chi connectivity index (χ2v) is 6.36. The highest BCUT2D eigenvalue weighted by molar-refractivity contribution is 6.01. The quantitative estimate of drug-likeness (QED) is 0.640. The maximum Gasteiger partial charge on any atom is 0.325 e. The maximum atomic E-state index is 12.3. The number of carbonyl (C=O) groups excluding carboxylic acids is 3. The third-order valence-electron chi connectivity index (χ3n) is 4.10. The second kappa shape index (κ2) is 8.43. The van der Waals surface area contributed by atoms with Crippen molar-refractivity contribution in [3.63, 3.8) is 0 Å². The van der Waals surface area contributed by atoms with Gasteiger partial charge in [0.1, 0.15) is 6.54 Å². The SMILES string of the molecule is Cc1cc(C)c(C(=O)COC(=O)CNC(=O)c2ccccc2C)c(C)c1. The van der Waals surface area contributed by atoms with Crippen molar-refractivity contribution in [2.75, 3.05) is 13.2 Å². The Balaban J connectivity index is 1.88.